The molecule has 2 heteroatoms. The number of hydrogen-bond acceptors (Lipinski definition) is 2. The molecule has 1 unspecified atom stereocenters. The first-order chi connectivity index (χ1) is 8.68. The number of rotatable bonds is 5. The average molecular weight is 243 g/mol. The van der Waals surface area contributed by atoms with Crippen LogP contribution in [0.15, 0.2) is 42.5 Å². The van der Waals surface area contributed by atoms with Crippen LogP contribution in [0.2, 0.25) is 0 Å². The van der Waals surface area contributed by atoms with Crippen molar-refractivity contribution in [2.24, 2.45) is 5.41 Å². The van der Waals surface area contributed by atoms with E-state index in [2.05, 4.69) is 61.6 Å². The Bertz CT molecular complexity index is 512. The van der Waals surface area contributed by atoms with Gasteiger partial charge in [0.15, 0.2) is 0 Å². The van der Waals surface area contributed by atoms with Gasteiger partial charge in [-0.3, -0.25) is 0 Å². The van der Waals surface area contributed by atoms with Crippen LogP contribution in [0.1, 0.15) is 20.3 Å². The molecule has 0 bridgehead atoms. The molecular formula is C16H21NO. The predicted molar refractivity (Wildman–Crippen MR) is 77.9 cm³/mol. The van der Waals surface area contributed by atoms with Gasteiger partial charge in [-0.15, -0.1) is 0 Å². The van der Waals surface area contributed by atoms with E-state index in [0.29, 0.717) is 0 Å². The highest BCUT2D eigenvalue weighted by Crippen LogP contribution is 2.26. The van der Waals surface area contributed by atoms with E-state index < -0.39 is 0 Å². The topological polar surface area (TPSA) is 32.3 Å². The predicted octanol–water partition coefficient (Wildman–Crippen LogP) is 3.66. The minimum absolute atomic E-state index is 0.0586. The molecule has 2 aromatic carbocycles. The van der Waals surface area contributed by atoms with Gasteiger partial charge >= 0.3 is 0 Å². The number of fused-ring (bicyclic) bond motifs is 1. The fourth-order valence-corrected chi connectivity index (χ4v) is 1.98. The highest BCUT2D eigenvalue weighted by atomic mass is 16.3. The fraction of sp³-hybridized carbons (Fsp3) is 0.375. The molecule has 0 aromatic heterocycles. The molecule has 0 heterocycles. The first-order valence-corrected chi connectivity index (χ1v) is 6.51. The van der Waals surface area contributed by atoms with Crippen molar-refractivity contribution in [1.29, 1.82) is 0 Å². The zero-order valence-electron chi connectivity index (χ0n) is 11.1. The number of nitrogens with one attached hydrogen (secondary N) is 1. The molecule has 0 aliphatic heterocycles. The minimum atomic E-state index is -0.0586. The van der Waals surface area contributed by atoms with Crippen LogP contribution in [0.4, 0.5) is 5.69 Å². The number of hydrogen-bond donors (Lipinski definition) is 2. The monoisotopic (exact) mass is 243 g/mol. The van der Waals surface area contributed by atoms with Gasteiger partial charge in [0.1, 0.15) is 0 Å². The summed E-state index contributed by atoms with van der Waals surface area (Å²) in [5.74, 6) is 0. The van der Waals surface area contributed by atoms with Gasteiger partial charge in [0.2, 0.25) is 0 Å². The Morgan fingerprint density at radius 1 is 1.11 bits per heavy atom. The molecule has 0 saturated carbocycles. The molecule has 0 spiro atoms. The Labute approximate surface area is 109 Å². The lowest BCUT2D eigenvalue weighted by Gasteiger charge is -2.26. The third-order valence-corrected chi connectivity index (χ3v) is 3.73. The van der Waals surface area contributed by atoms with Crippen molar-refractivity contribution in [3.05, 3.63) is 42.5 Å². The second-order valence-electron chi connectivity index (χ2n) is 5.20. The third-order valence-electron chi connectivity index (χ3n) is 3.73. The summed E-state index contributed by atoms with van der Waals surface area (Å²) in [7, 11) is 0. The van der Waals surface area contributed by atoms with Crippen LogP contribution in [-0.4, -0.2) is 18.3 Å². The first kappa shape index (κ1) is 12.9. The average Bonchev–Trinajstić information content (AvgIpc) is 2.44. The van der Waals surface area contributed by atoms with Gasteiger partial charge in [-0.25, -0.2) is 0 Å². The Morgan fingerprint density at radius 2 is 1.83 bits per heavy atom. The summed E-state index contributed by atoms with van der Waals surface area (Å²) in [5, 5.41) is 15.4. The molecule has 0 radical (unpaired) electrons. The summed E-state index contributed by atoms with van der Waals surface area (Å²) in [6.07, 6.45) is 0.960. The molecule has 2 aromatic rings. The lowest BCUT2D eigenvalue weighted by Crippen LogP contribution is -2.29. The number of aliphatic hydroxyl groups excluding tert-OH is 1. The van der Waals surface area contributed by atoms with Crippen molar-refractivity contribution in [3.8, 4) is 0 Å². The van der Waals surface area contributed by atoms with Crippen molar-refractivity contribution < 1.29 is 5.11 Å². The summed E-state index contributed by atoms with van der Waals surface area (Å²) < 4.78 is 0. The van der Waals surface area contributed by atoms with Crippen LogP contribution in [0.5, 0.6) is 0 Å². The normalized spacial score (nSPS) is 14.4. The molecule has 2 rings (SSSR count). The molecule has 1 atom stereocenters. The molecule has 0 aliphatic carbocycles. The van der Waals surface area contributed by atoms with E-state index in [-0.39, 0.29) is 12.0 Å². The van der Waals surface area contributed by atoms with E-state index in [4.69, 9.17) is 0 Å². The standard InChI is InChI=1S/C16H21NO/c1-3-16(2,12-18)11-17-15-10-6-8-13-7-4-5-9-14(13)15/h4-10,17-18H,3,11-12H2,1-2H3. The lowest BCUT2D eigenvalue weighted by atomic mass is 9.88. The SMILES string of the molecule is CCC(C)(CO)CNc1cccc2ccccc12. The van der Waals surface area contributed by atoms with E-state index in [0.717, 1.165) is 18.7 Å². The van der Waals surface area contributed by atoms with Gasteiger partial charge in [0, 0.05) is 23.0 Å². The molecule has 96 valence electrons. The summed E-state index contributed by atoms with van der Waals surface area (Å²) in [4.78, 5) is 0. The Morgan fingerprint density at radius 3 is 2.56 bits per heavy atom. The van der Waals surface area contributed by atoms with Crippen LogP contribution < -0.4 is 5.32 Å². The quantitative estimate of drug-likeness (QED) is 0.840. The van der Waals surface area contributed by atoms with Crippen molar-refractivity contribution >= 4 is 16.5 Å². The Balaban J connectivity index is 2.22. The van der Waals surface area contributed by atoms with Gasteiger partial charge in [-0.1, -0.05) is 50.2 Å². The first-order valence-electron chi connectivity index (χ1n) is 6.51. The molecule has 0 fully saturated rings. The molecule has 0 amide bonds. The maximum Gasteiger partial charge on any atom is 0.0501 e. The highest BCUT2D eigenvalue weighted by molar-refractivity contribution is 5.93. The zero-order valence-corrected chi connectivity index (χ0v) is 11.1. The Hall–Kier alpha value is -1.54. The maximum atomic E-state index is 9.44. The van der Waals surface area contributed by atoms with Crippen LogP contribution in [0.3, 0.4) is 0 Å². The van der Waals surface area contributed by atoms with E-state index in [1.807, 2.05) is 0 Å². The molecule has 2 nitrogen and oxygen atoms in total. The smallest absolute Gasteiger partial charge is 0.0501 e. The van der Waals surface area contributed by atoms with Gasteiger partial charge in [0.25, 0.3) is 0 Å². The molecule has 0 aliphatic rings. The van der Waals surface area contributed by atoms with Gasteiger partial charge < -0.3 is 10.4 Å². The Kier molecular flexibility index (Phi) is 3.87. The number of anilines is 1. The second kappa shape index (κ2) is 5.40. The number of benzene rings is 2. The fourth-order valence-electron chi connectivity index (χ4n) is 1.98. The molecule has 2 N–H and O–H groups in total. The lowest BCUT2D eigenvalue weighted by molar-refractivity contribution is 0.149. The maximum absolute atomic E-state index is 9.44. The number of aliphatic hydroxyl groups is 1. The van der Waals surface area contributed by atoms with Crippen LogP contribution >= 0.6 is 0 Å². The van der Waals surface area contributed by atoms with E-state index in [1.54, 1.807) is 0 Å². The second-order valence-corrected chi connectivity index (χ2v) is 5.20. The van der Waals surface area contributed by atoms with Crippen LogP contribution in [0, 0.1) is 5.41 Å². The van der Waals surface area contributed by atoms with Gasteiger partial charge in [-0.2, -0.15) is 0 Å². The van der Waals surface area contributed by atoms with Gasteiger partial charge in [-0.05, 0) is 17.9 Å². The van der Waals surface area contributed by atoms with Gasteiger partial charge in [0.05, 0.1) is 6.61 Å². The summed E-state index contributed by atoms with van der Waals surface area (Å²) in [5.41, 5.74) is 1.08. The largest absolute Gasteiger partial charge is 0.396 e. The van der Waals surface area contributed by atoms with E-state index in [9.17, 15) is 5.11 Å². The summed E-state index contributed by atoms with van der Waals surface area (Å²) in [6, 6.07) is 14.6. The van der Waals surface area contributed by atoms with Crippen LogP contribution in [0.25, 0.3) is 10.8 Å². The van der Waals surface area contributed by atoms with Crippen LogP contribution in [-0.2, 0) is 0 Å². The molecule has 18 heavy (non-hydrogen) atoms. The van der Waals surface area contributed by atoms with Crippen molar-refractivity contribution in [2.75, 3.05) is 18.5 Å². The third kappa shape index (κ3) is 2.65. The zero-order chi connectivity index (χ0) is 13.0. The highest BCUT2D eigenvalue weighted by Gasteiger charge is 2.20. The minimum Gasteiger partial charge on any atom is -0.396 e. The van der Waals surface area contributed by atoms with Crippen molar-refractivity contribution in [2.45, 2.75) is 20.3 Å². The molecular weight excluding hydrogens is 222 g/mol. The van der Waals surface area contributed by atoms with E-state index >= 15 is 0 Å². The van der Waals surface area contributed by atoms with E-state index in [1.165, 1.54) is 10.8 Å². The van der Waals surface area contributed by atoms with Crippen molar-refractivity contribution in [3.63, 3.8) is 0 Å². The van der Waals surface area contributed by atoms with Crippen molar-refractivity contribution in [1.82, 2.24) is 0 Å². The summed E-state index contributed by atoms with van der Waals surface area (Å²) in [6.45, 7) is 5.21. The summed E-state index contributed by atoms with van der Waals surface area (Å²) >= 11 is 0. The molecule has 0 saturated heterocycles.